The first-order chi connectivity index (χ1) is 11.7. The van der Waals surface area contributed by atoms with Crippen molar-refractivity contribution < 1.29 is 14.3 Å². The minimum Gasteiger partial charge on any atom is -0.489 e. The second kappa shape index (κ2) is 7.15. The zero-order chi connectivity index (χ0) is 16.9. The van der Waals surface area contributed by atoms with Gasteiger partial charge in [0, 0.05) is 5.56 Å². The summed E-state index contributed by atoms with van der Waals surface area (Å²) in [6.45, 7) is 4.00. The topological polar surface area (TPSA) is 47.9 Å². The lowest BCUT2D eigenvalue weighted by molar-refractivity contribution is -0.129. The normalized spacial score (nSPS) is 15.1. The fourth-order valence-electron chi connectivity index (χ4n) is 2.19. The largest absolute Gasteiger partial charge is 0.489 e. The molecule has 0 bridgehead atoms. The number of hydrogen-bond acceptors (Lipinski definition) is 4. The molecule has 0 spiro atoms. The number of aliphatic imine (C=N–C) groups is 1. The number of cyclic esters (lactones) is 1. The average Bonchev–Trinajstić information content (AvgIpc) is 2.95. The standard InChI is InChI=1S/C19H14ClNO3/c1-2-11-23-17-10-6-3-7-13(17)12-16-19(22)24-18(21-16)14-8-4-5-9-15(14)20/h2-10,12H,1,11H2/b16-12-. The van der Waals surface area contributed by atoms with Gasteiger partial charge >= 0.3 is 5.97 Å². The van der Waals surface area contributed by atoms with Crippen molar-refractivity contribution in [3.8, 4) is 5.75 Å². The van der Waals surface area contributed by atoms with E-state index in [0.717, 1.165) is 5.56 Å². The number of hydrogen-bond donors (Lipinski definition) is 0. The molecule has 120 valence electrons. The van der Waals surface area contributed by atoms with Gasteiger partial charge in [-0.2, -0.15) is 0 Å². The molecule has 2 aromatic carbocycles. The quantitative estimate of drug-likeness (QED) is 0.465. The monoisotopic (exact) mass is 339 g/mol. The Morgan fingerprint density at radius 2 is 1.92 bits per heavy atom. The van der Waals surface area contributed by atoms with Crippen molar-refractivity contribution in [3.63, 3.8) is 0 Å². The first kappa shape index (κ1) is 16.0. The summed E-state index contributed by atoms with van der Waals surface area (Å²) >= 11 is 6.12. The van der Waals surface area contributed by atoms with E-state index in [2.05, 4.69) is 11.6 Å². The Hall–Kier alpha value is -2.85. The first-order valence-electron chi connectivity index (χ1n) is 7.29. The van der Waals surface area contributed by atoms with Gasteiger partial charge in [0.1, 0.15) is 12.4 Å². The van der Waals surface area contributed by atoms with E-state index in [-0.39, 0.29) is 11.6 Å². The Kier molecular flexibility index (Phi) is 4.77. The number of carbonyl (C=O) groups excluding carboxylic acids is 1. The molecule has 4 nitrogen and oxygen atoms in total. The van der Waals surface area contributed by atoms with Crippen molar-refractivity contribution in [2.45, 2.75) is 0 Å². The summed E-state index contributed by atoms with van der Waals surface area (Å²) in [5, 5.41) is 0.472. The van der Waals surface area contributed by atoms with Crippen LogP contribution in [0.3, 0.4) is 0 Å². The van der Waals surface area contributed by atoms with Crippen LogP contribution >= 0.6 is 11.6 Å². The highest BCUT2D eigenvalue weighted by Crippen LogP contribution is 2.26. The zero-order valence-corrected chi connectivity index (χ0v) is 13.5. The van der Waals surface area contributed by atoms with E-state index in [4.69, 9.17) is 21.1 Å². The number of nitrogens with zero attached hydrogens (tertiary/aromatic N) is 1. The highest BCUT2D eigenvalue weighted by atomic mass is 35.5. The SMILES string of the molecule is C=CCOc1ccccc1/C=C1\N=C(c2ccccc2Cl)OC1=O. The first-order valence-corrected chi connectivity index (χ1v) is 7.67. The fourth-order valence-corrected chi connectivity index (χ4v) is 2.40. The van der Waals surface area contributed by atoms with Crippen LogP contribution in [0.5, 0.6) is 5.75 Å². The summed E-state index contributed by atoms with van der Waals surface area (Å²) < 4.78 is 10.8. The van der Waals surface area contributed by atoms with Gasteiger partial charge in [0.25, 0.3) is 0 Å². The maximum atomic E-state index is 12.1. The molecule has 2 aromatic rings. The minimum atomic E-state index is -0.525. The Morgan fingerprint density at radius 1 is 1.17 bits per heavy atom. The van der Waals surface area contributed by atoms with Gasteiger partial charge in [0.15, 0.2) is 5.70 Å². The Labute approximate surface area is 144 Å². The highest BCUT2D eigenvalue weighted by Gasteiger charge is 2.25. The summed E-state index contributed by atoms with van der Waals surface area (Å²) in [5.41, 5.74) is 1.50. The lowest BCUT2D eigenvalue weighted by Gasteiger charge is -2.06. The van der Waals surface area contributed by atoms with Gasteiger partial charge in [-0.05, 0) is 24.3 Å². The zero-order valence-electron chi connectivity index (χ0n) is 12.7. The van der Waals surface area contributed by atoms with Crippen molar-refractivity contribution in [2.24, 2.45) is 4.99 Å². The fraction of sp³-hybridized carbons (Fsp3) is 0.0526. The van der Waals surface area contributed by atoms with Crippen LogP contribution in [0, 0.1) is 0 Å². The molecule has 0 aliphatic carbocycles. The third-order valence-corrected chi connectivity index (χ3v) is 3.62. The third-order valence-electron chi connectivity index (χ3n) is 3.29. The van der Waals surface area contributed by atoms with E-state index in [1.807, 2.05) is 24.3 Å². The lowest BCUT2D eigenvalue weighted by atomic mass is 10.1. The second-order valence-corrected chi connectivity index (χ2v) is 5.36. The van der Waals surface area contributed by atoms with Gasteiger partial charge in [-0.3, -0.25) is 0 Å². The van der Waals surface area contributed by atoms with E-state index < -0.39 is 5.97 Å². The number of benzene rings is 2. The molecule has 0 amide bonds. The van der Waals surface area contributed by atoms with Crippen LogP contribution in [0.25, 0.3) is 6.08 Å². The molecule has 0 saturated carbocycles. The smallest absolute Gasteiger partial charge is 0.363 e. The predicted octanol–water partition coefficient (Wildman–Crippen LogP) is 4.25. The summed E-state index contributed by atoms with van der Waals surface area (Å²) in [5.74, 6) is 0.309. The van der Waals surface area contributed by atoms with Crippen LogP contribution in [-0.4, -0.2) is 18.5 Å². The number of ether oxygens (including phenoxy) is 2. The van der Waals surface area contributed by atoms with Crippen LogP contribution in [0.15, 0.2) is 71.9 Å². The summed E-state index contributed by atoms with van der Waals surface area (Å²) in [6.07, 6.45) is 3.28. The molecule has 0 unspecified atom stereocenters. The Morgan fingerprint density at radius 3 is 2.71 bits per heavy atom. The van der Waals surface area contributed by atoms with Crippen LogP contribution in [0.1, 0.15) is 11.1 Å². The molecule has 0 atom stereocenters. The molecule has 0 aromatic heterocycles. The van der Waals surface area contributed by atoms with Gasteiger partial charge in [-0.25, -0.2) is 9.79 Å². The van der Waals surface area contributed by atoms with Crippen LogP contribution in [-0.2, 0) is 9.53 Å². The maximum absolute atomic E-state index is 12.1. The molecule has 0 radical (unpaired) electrons. The number of rotatable bonds is 5. The number of halogens is 1. The van der Waals surface area contributed by atoms with Gasteiger partial charge in [-0.15, -0.1) is 0 Å². The summed E-state index contributed by atoms with van der Waals surface area (Å²) in [6, 6.07) is 14.4. The van der Waals surface area contributed by atoms with Crippen LogP contribution in [0.4, 0.5) is 0 Å². The van der Waals surface area contributed by atoms with Crippen LogP contribution < -0.4 is 4.74 Å². The lowest BCUT2D eigenvalue weighted by Crippen LogP contribution is -2.05. The number of esters is 1. The van der Waals surface area contributed by atoms with Crippen molar-refractivity contribution in [1.29, 1.82) is 0 Å². The second-order valence-electron chi connectivity index (χ2n) is 4.95. The molecular formula is C19H14ClNO3. The molecule has 0 N–H and O–H groups in total. The Balaban J connectivity index is 1.95. The molecule has 3 rings (SSSR count). The molecule has 1 aliphatic heterocycles. The third kappa shape index (κ3) is 3.39. The van der Waals surface area contributed by atoms with Crippen molar-refractivity contribution in [1.82, 2.24) is 0 Å². The maximum Gasteiger partial charge on any atom is 0.363 e. The molecule has 5 heteroatoms. The predicted molar refractivity (Wildman–Crippen MR) is 94.2 cm³/mol. The molecular weight excluding hydrogens is 326 g/mol. The summed E-state index contributed by atoms with van der Waals surface area (Å²) in [4.78, 5) is 16.4. The Bertz CT molecular complexity index is 855. The number of para-hydroxylation sites is 1. The minimum absolute atomic E-state index is 0.194. The van der Waals surface area contributed by atoms with E-state index in [0.29, 0.717) is 22.9 Å². The van der Waals surface area contributed by atoms with Crippen molar-refractivity contribution >= 4 is 29.5 Å². The van der Waals surface area contributed by atoms with Gasteiger partial charge in [0.05, 0.1) is 10.6 Å². The van der Waals surface area contributed by atoms with Gasteiger partial charge in [0.2, 0.25) is 5.90 Å². The molecule has 1 aliphatic rings. The molecule has 24 heavy (non-hydrogen) atoms. The molecule has 0 saturated heterocycles. The number of carbonyl (C=O) groups is 1. The molecule has 0 fully saturated rings. The van der Waals surface area contributed by atoms with Gasteiger partial charge < -0.3 is 9.47 Å². The highest BCUT2D eigenvalue weighted by molar-refractivity contribution is 6.34. The average molecular weight is 340 g/mol. The summed E-state index contributed by atoms with van der Waals surface area (Å²) in [7, 11) is 0. The van der Waals surface area contributed by atoms with Crippen LogP contribution in [0.2, 0.25) is 5.02 Å². The van der Waals surface area contributed by atoms with E-state index in [9.17, 15) is 4.79 Å². The van der Waals surface area contributed by atoms with E-state index in [1.165, 1.54) is 0 Å². The van der Waals surface area contributed by atoms with E-state index >= 15 is 0 Å². The van der Waals surface area contributed by atoms with Crippen molar-refractivity contribution in [2.75, 3.05) is 6.61 Å². The van der Waals surface area contributed by atoms with Crippen molar-refractivity contribution in [3.05, 3.63) is 83.0 Å². The molecule has 1 heterocycles. The van der Waals surface area contributed by atoms with Gasteiger partial charge in [-0.1, -0.05) is 54.6 Å². The van der Waals surface area contributed by atoms with E-state index in [1.54, 1.807) is 36.4 Å².